The number of aromatic nitrogens is 3. The van der Waals surface area contributed by atoms with Crippen LogP contribution >= 0.6 is 0 Å². The van der Waals surface area contributed by atoms with Crippen LogP contribution in [0.5, 0.6) is 5.75 Å². The van der Waals surface area contributed by atoms with Gasteiger partial charge in [0.2, 0.25) is 5.95 Å². The van der Waals surface area contributed by atoms with Gasteiger partial charge in [-0.05, 0) is 60.7 Å². The minimum atomic E-state index is -4.82. The van der Waals surface area contributed by atoms with Gasteiger partial charge in [0.25, 0.3) is 5.69 Å². The topological polar surface area (TPSA) is 150 Å². The molecule has 14 heteroatoms. The van der Waals surface area contributed by atoms with Crippen LogP contribution in [-0.4, -0.2) is 37.2 Å². The van der Waals surface area contributed by atoms with Crippen LogP contribution in [0.1, 0.15) is 0 Å². The van der Waals surface area contributed by atoms with Gasteiger partial charge in [-0.2, -0.15) is 9.67 Å². The lowest BCUT2D eigenvalue weighted by Crippen LogP contribution is -2.23. The number of anilines is 3. The number of halogens is 3. The molecule has 3 N–H and O–H groups in total. The molecule has 36 heavy (non-hydrogen) atoms. The van der Waals surface area contributed by atoms with E-state index in [1.54, 1.807) is 12.1 Å². The lowest BCUT2D eigenvalue weighted by atomic mass is 10.1. The number of nitrogens with two attached hydrogens (primary N) is 1. The Labute approximate surface area is 199 Å². The molecule has 3 aromatic carbocycles. The normalized spacial score (nSPS) is 11.2. The highest BCUT2D eigenvalue weighted by atomic mass is 19.4. The molecule has 0 saturated carbocycles. The molecule has 11 nitrogen and oxygen atoms in total. The van der Waals surface area contributed by atoms with Crippen LogP contribution in [0.3, 0.4) is 0 Å². The number of rotatable bonds is 6. The average Bonchev–Trinajstić information content (AvgIpc) is 3.21. The molecule has 0 radical (unpaired) electrons. The highest BCUT2D eigenvalue weighted by Crippen LogP contribution is 2.30. The smallest absolute Gasteiger partial charge is 0.464 e. The van der Waals surface area contributed by atoms with Crippen LogP contribution in [0.15, 0.2) is 72.8 Å². The quantitative estimate of drug-likeness (QED) is 0.273. The van der Waals surface area contributed by atoms with Crippen molar-refractivity contribution >= 4 is 29.1 Å². The Morgan fingerprint density at radius 2 is 1.56 bits per heavy atom. The van der Waals surface area contributed by atoms with E-state index in [9.17, 15) is 33.2 Å². The third-order valence-corrected chi connectivity index (χ3v) is 4.84. The van der Waals surface area contributed by atoms with Crippen molar-refractivity contribution in [3.63, 3.8) is 0 Å². The van der Waals surface area contributed by atoms with Crippen molar-refractivity contribution in [1.29, 1.82) is 0 Å². The number of ether oxygens (including phenoxy) is 1. The second kappa shape index (κ2) is 9.25. The van der Waals surface area contributed by atoms with Crippen LogP contribution in [0.2, 0.25) is 0 Å². The number of amides is 1. The molecule has 1 aromatic heterocycles. The number of carboxylic acid groups (broad SMARTS) is 1. The Balaban J connectivity index is 1.58. The van der Waals surface area contributed by atoms with Crippen LogP contribution in [0.25, 0.3) is 17.1 Å². The third kappa shape index (κ3) is 5.16. The predicted octanol–water partition coefficient (Wildman–Crippen LogP) is 5.14. The molecule has 0 unspecified atom stereocenters. The van der Waals surface area contributed by atoms with Gasteiger partial charge in [0.15, 0.2) is 5.82 Å². The molecule has 0 bridgehead atoms. The zero-order valence-electron chi connectivity index (χ0n) is 18.0. The SMILES string of the molecule is Nc1nc(-c2ccc(N(C(=O)O)c3ccc([N+](=O)[O-])cc3)cc2)nn1-c1ccc(OC(F)(F)F)cc1. The number of hydrogen-bond donors (Lipinski definition) is 2. The summed E-state index contributed by atoms with van der Waals surface area (Å²) in [5, 5.41) is 24.8. The zero-order chi connectivity index (χ0) is 26.0. The van der Waals surface area contributed by atoms with Crippen molar-refractivity contribution in [3.8, 4) is 22.8 Å². The van der Waals surface area contributed by atoms with E-state index in [2.05, 4.69) is 14.8 Å². The van der Waals surface area contributed by atoms with Crippen molar-refractivity contribution < 1.29 is 32.7 Å². The molecule has 184 valence electrons. The van der Waals surface area contributed by atoms with E-state index >= 15 is 0 Å². The van der Waals surface area contributed by atoms with Gasteiger partial charge in [-0.15, -0.1) is 18.3 Å². The second-order valence-electron chi connectivity index (χ2n) is 7.19. The molecule has 1 amide bonds. The van der Waals surface area contributed by atoms with Gasteiger partial charge in [0.05, 0.1) is 22.0 Å². The van der Waals surface area contributed by atoms with Gasteiger partial charge in [-0.1, -0.05) is 0 Å². The number of nitro benzene ring substituents is 1. The summed E-state index contributed by atoms with van der Waals surface area (Å²) in [5.41, 5.74) is 7.02. The fourth-order valence-corrected chi connectivity index (χ4v) is 3.28. The fraction of sp³-hybridized carbons (Fsp3) is 0.0455. The Morgan fingerprint density at radius 3 is 2.06 bits per heavy atom. The number of non-ortho nitro benzene ring substituents is 1. The summed E-state index contributed by atoms with van der Waals surface area (Å²) in [6.45, 7) is 0. The van der Waals surface area contributed by atoms with Gasteiger partial charge in [0.1, 0.15) is 5.75 Å². The van der Waals surface area contributed by atoms with E-state index in [4.69, 9.17) is 5.73 Å². The second-order valence-corrected chi connectivity index (χ2v) is 7.19. The van der Waals surface area contributed by atoms with Gasteiger partial charge in [-0.3, -0.25) is 10.1 Å². The Morgan fingerprint density at radius 1 is 1.00 bits per heavy atom. The maximum Gasteiger partial charge on any atom is 0.573 e. The van der Waals surface area contributed by atoms with E-state index in [1.807, 2.05) is 0 Å². The highest BCUT2D eigenvalue weighted by Gasteiger charge is 2.31. The molecule has 4 rings (SSSR count). The lowest BCUT2D eigenvalue weighted by Gasteiger charge is -2.19. The first kappa shape index (κ1) is 24.0. The molecule has 0 fully saturated rings. The number of alkyl halides is 3. The fourth-order valence-electron chi connectivity index (χ4n) is 3.28. The van der Waals surface area contributed by atoms with E-state index in [0.29, 0.717) is 11.3 Å². The first-order chi connectivity index (χ1) is 17.0. The maximum atomic E-state index is 12.4. The molecule has 0 aliphatic rings. The first-order valence-corrected chi connectivity index (χ1v) is 9.98. The van der Waals surface area contributed by atoms with Crippen molar-refractivity contribution in [2.45, 2.75) is 6.36 Å². The molecule has 0 saturated heterocycles. The zero-order valence-corrected chi connectivity index (χ0v) is 18.0. The Kier molecular flexibility index (Phi) is 6.16. The molecule has 0 spiro atoms. The minimum Gasteiger partial charge on any atom is -0.464 e. The predicted molar refractivity (Wildman–Crippen MR) is 121 cm³/mol. The minimum absolute atomic E-state index is 0.0309. The maximum absolute atomic E-state index is 12.4. The average molecular weight is 500 g/mol. The summed E-state index contributed by atoms with van der Waals surface area (Å²) in [6.07, 6.45) is -6.12. The Bertz CT molecular complexity index is 1400. The number of hydrogen-bond acceptors (Lipinski definition) is 7. The molecular weight excluding hydrogens is 485 g/mol. The van der Waals surface area contributed by atoms with E-state index in [-0.39, 0.29) is 28.8 Å². The van der Waals surface area contributed by atoms with E-state index < -0.39 is 23.1 Å². The molecule has 0 aliphatic carbocycles. The number of nitrogens with zero attached hydrogens (tertiary/aromatic N) is 5. The summed E-state index contributed by atoms with van der Waals surface area (Å²) in [7, 11) is 0. The molecular formula is C22H15F3N6O5. The van der Waals surface area contributed by atoms with Gasteiger partial charge in [0, 0.05) is 17.7 Å². The van der Waals surface area contributed by atoms with Gasteiger partial charge >= 0.3 is 12.5 Å². The largest absolute Gasteiger partial charge is 0.573 e. The molecule has 0 atom stereocenters. The third-order valence-electron chi connectivity index (χ3n) is 4.84. The van der Waals surface area contributed by atoms with E-state index in [0.717, 1.165) is 17.0 Å². The summed E-state index contributed by atoms with van der Waals surface area (Å²) in [5.74, 6) is -0.250. The monoisotopic (exact) mass is 500 g/mol. The number of nitro groups is 1. The molecule has 4 aromatic rings. The highest BCUT2D eigenvalue weighted by molar-refractivity contribution is 5.95. The van der Waals surface area contributed by atoms with Crippen LogP contribution in [-0.2, 0) is 0 Å². The van der Waals surface area contributed by atoms with Crippen LogP contribution in [0.4, 0.5) is 41.0 Å². The molecule has 1 heterocycles. The van der Waals surface area contributed by atoms with Crippen molar-refractivity contribution in [3.05, 3.63) is 82.9 Å². The molecule has 0 aliphatic heterocycles. The number of carbonyl (C=O) groups is 1. The van der Waals surface area contributed by atoms with Crippen molar-refractivity contribution in [1.82, 2.24) is 14.8 Å². The number of benzene rings is 3. The summed E-state index contributed by atoms with van der Waals surface area (Å²) in [4.78, 5) is 27.2. The van der Waals surface area contributed by atoms with Crippen LogP contribution < -0.4 is 15.4 Å². The van der Waals surface area contributed by atoms with Crippen molar-refractivity contribution in [2.24, 2.45) is 0 Å². The van der Waals surface area contributed by atoms with Crippen molar-refractivity contribution in [2.75, 3.05) is 10.6 Å². The summed E-state index contributed by atoms with van der Waals surface area (Å²) < 4.78 is 42.1. The van der Waals surface area contributed by atoms with E-state index in [1.165, 1.54) is 53.2 Å². The number of nitrogen functional groups attached to an aromatic ring is 1. The summed E-state index contributed by atoms with van der Waals surface area (Å²) >= 11 is 0. The van der Waals surface area contributed by atoms with Crippen LogP contribution in [0, 0.1) is 10.1 Å². The lowest BCUT2D eigenvalue weighted by molar-refractivity contribution is -0.384. The van der Waals surface area contributed by atoms with Gasteiger partial charge in [-0.25, -0.2) is 9.69 Å². The van der Waals surface area contributed by atoms with Gasteiger partial charge < -0.3 is 15.6 Å². The standard InChI is InChI=1S/C22H15F3N6O5/c23-22(24,25)36-18-11-9-16(10-12-18)30-20(26)27-19(28-30)13-1-3-14(4-2-13)29(21(32)33)15-5-7-17(8-6-15)31(34)35/h1-12H,(H,32,33)(H2,26,27,28). The Hall–Kier alpha value is -5.14. The summed E-state index contributed by atoms with van der Waals surface area (Å²) in [6, 6.07) is 16.0. The first-order valence-electron chi connectivity index (χ1n) is 9.98.